The van der Waals surface area contributed by atoms with Crippen molar-refractivity contribution in [3.05, 3.63) is 83.4 Å². The molecule has 4 rings (SSSR count). The summed E-state index contributed by atoms with van der Waals surface area (Å²) in [5, 5.41) is 18.6. The number of para-hydroxylation sites is 1. The number of aliphatic carboxylic acids is 2. The summed E-state index contributed by atoms with van der Waals surface area (Å²) >= 11 is 0. The molecule has 3 aromatic carbocycles. The molecule has 1 aliphatic heterocycles. The lowest BCUT2D eigenvalue weighted by molar-refractivity contribution is -0.145. The van der Waals surface area contributed by atoms with E-state index in [2.05, 4.69) is 0 Å². The highest BCUT2D eigenvalue weighted by molar-refractivity contribution is 5.81. The lowest BCUT2D eigenvalue weighted by Crippen LogP contribution is -2.45. The maximum Gasteiger partial charge on any atom is 0.346 e. The quantitative estimate of drug-likeness (QED) is 0.219. The lowest BCUT2D eigenvalue weighted by atomic mass is 10.1. The minimum absolute atomic E-state index is 0.0188. The second kappa shape index (κ2) is 13.4. The minimum atomic E-state index is -1.06. The Labute approximate surface area is 228 Å². The first-order valence-corrected chi connectivity index (χ1v) is 13.0. The molecule has 2 N–H and O–H groups in total. The van der Waals surface area contributed by atoms with E-state index in [1.807, 2.05) is 90.7 Å². The van der Waals surface area contributed by atoms with Crippen molar-refractivity contribution in [2.75, 3.05) is 31.2 Å². The normalized spacial score (nSPS) is 14.5. The van der Waals surface area contributed by atoms with Gasteiger partial charge in [-0.05, 0) is 49.2 Å². The Balaban J connectivity index is 1.34. The zero-order chi connectivity index (χ0) is 27.6. The standard InChI is InChI=1S/C31H33NO7/c1-22-8-14-25(15-9-22)37-19-4-20-38-26-16-11-23(12-17-26)10-13-24-5-2-6-27-30(24)39-28(31(35)36)21-32(27)18-3-7-29(33)34/h2,5-6,8-17,28H,3-4,7,18-21H2,1H3,(H,33,34)(H,35,36). The molecule has 0 fully saturated rings. The van der Waals surface area contributed by atoms with E-state index in [0.29, 0.717) is 31.9 Å². The summed E-state index contributed by atoms with van der Waals surface area (Å²) in [6, 6.07) is 21.3. The first-order valence-electron chi connectivity index (χ1n) is 13.0. The average molecular weight is 532 g/mol. The molecule has 0 saturated carbocycles. The second-order valence-corrected chi connectivity index (χ2v) is 9.35. The van der Waals surface area contributed by atoms with Crippen molar-refractivity contribution in [3.63, 3.8) is 0 Å². The summed E-state index contributed by atoms with van der Waals surface area (Å²) in [7, 11) is 0. The van der Waals surface area contributed by atoms with Gasteiger partial charge in [0.1, 0.15) is 11.5 Å². The molecule has 1 aliphatic rings. The van der Waals surface area contributed by atoms with Crippen LogP contribution < -0.4 is 19.1 Å². The molecule has 1 heterocycles. The molecule has 0 aromatic heterocycles. The van der Waals surface area contributed by atoms with Crippen molar-refractivity contribution in [1.82, 2.24) is 0 Å². The van der Waals surface area contributed by atoms with Crippen molar-refractivity contribution < 1.29 is 34.0 Å². The first kappa shape index (κ1) is 27.6. The zero-order valence-corrected chi connectivity index (χ0v) is 21.9. The smallest absolute Gasteiger partial charge is 0.346 e. The van der Waals surface area contributed by atoms with Gasteiger partial charge in [0.05, 0.1) is 25.4 Å². The van der Waals surface area contributed by atoms with Gasteiger partial charge in [-0.25, -0.2) is 4.79 Å². The van der Waals surface area contributed by atoms with Crippen molar-refractivity contribution in [2.24, 2.45) is 0 Å². The highest BCUT2D eigenvalue weighted by Crippen LogP contribution is 2.38. The van der Waals surface area contributed by atoms with Gasteiger partial charge in [0.15, 0.2) is 5.75 Å². The minimum Gasteiger partial charge on any atom is -0.493 e. The first-order chi connectivity index (χ1) is 18.9. The van der Waals surface area contributed by atoms with Crippen LogP contribution in [0.2, 0.25) is 0 Å². The van der Waals surface area contributed by atoms with E-state index in [4.69, 9.17) is 19.3 Å². The molecule has 3 aromatic rings. The fraction of sp³-hybridized carbons (Fsp3) is 0.290. The van der Waals surface area contributed by atoms with E-state index in [1.54, 1.807) is 0 Å². The van der Waals surface area contributed by atoms with Gasteiger partial charge in [-0.2, -0.15) is 0 Å². The van der Waals surface area contributed by atoms with Gasteiger partial charge >= 0.3 is 11.9 Å². The molecule has 0 radical (unpaired) electrons. The predicted molar refractivity (Wildman–Crippen MR) is 150 cm³/mol. The molecule has 1 unspecified atom stereocenters. The maximum absolute atomic E-state index is 11.7. The predicted octanol–water partition coefficient (Wildman–Crippen LogP) is 5.53. The van der Waals surface area contributed by atoms with Crippen LogP contribution in [0.15, 0.2) is 66.7 Å². The summed E-state index contributed by atoms with van der Waals surface area (Å²) in [5.74, 6) is 0.171. The number of anilines is 1. The van der Waals surface area contributed by atoms with Crippen LogP contribution in [-0.4, -0.2) is 54.6 Å². The third-order valence-electron chi connectivity index (χ3n) is 6.29. The molecule has 8 heteroatoms. The number of fused-ring (bicyclic) bond motifs is 1. The van der Waals surface area contributed by atoms with Crippen LogP contribution in [0.25, 0.3) is 12.2 Å². The number of ether oxygens (including phenoxy) is 3. The number of hydrogen-bond donors (Lipinski definition) is 2. The molecule has 204 valence electrons. The summed E-state index contributed by atoms with van der Waals surface area (Å²) < 4.78 is 17.4. The van der Waals surface area contributed by atoms with Crippen molar-refractivity contribution in [1.29, 1.82) is 0 Å². The number of aryl methyl sites for hydroxylation is 1. The SMILES string of the molecule is Cc1ccc(OCCCOc2ccc(C=Cc3cccc4c3OC(C(=O)O)CN4CCCC(=O)O)cc2)cc1. The zero-order valence-electron chi connectivity index (χ0n) is 21.9. The van der Waals surface area contributed by atoms with Crippen LogP contribution in [0, 0.1) is 6.92 Å². The van der Waals surface area contributed by atoms with Gasteiger partial charge in [0.2, 0.25) is 6.10 Å². The Morgan fingerprint density at radius 3 is 2.23 bits per heavy atom. The maximum atomic E-state index is 11.7. The van der Waals surface area contributed by atoms with Crippen molar-refractivity contribution >= 4 is 29.8 Å². The van der Waals surface area contributed by atoms with Gasteiger partial charge < -0.3 is 29.3 Å². The topological polar surface area (TPSA) is 106 Å². The number of nitrogens with zero attached hydrogens (tertiary/aromatic N) is 1. The summed E-state index contributed by atoms with van der Waals surface area (Å²) in [5.41, 5.74) is 3.65. The summed E-state index contributed by atoms with van der Waals surface area (Å²) in [4.78, 5) is 24.5. The monoisotopic (exact) mass is 531 g/mol. The fourth-order valence-electron chi connectivity index (χ4n) is 4.22. The van der Waals surface area contributed by atoms with Crippen LogP contribution in [0.1, 0.15) is 36.0 Å². The van der Waals surface area contributed by atoms with Gasteiger partial charge in [-0.3, -0.25) is 4.79 Å². The number of carboxylic acid groups (broad SMARTS) is 2. The Hall–Kier alpha value is -4.46. The van der Waals surface area contributed by atoms with Crippen LogP contribution in [-0.2, 0) is 9.59 Å². The van der Waals surface area contributed by atoms with Gasteiger partial charge in [0.25, 0.3) is 0 Å². The summed E-state index contributed by atoms with van der Waals surface area (Å²) in [6.45, 7) is 3.75. The molecule has 0 amide bonds. The molecular formula is C31H33NO7. The third-order valence-corrected chi connectivity index (χ3v) is 6.29. The number of benzene rings is 3. The molecular weight excluding hydrogens is 498 g/mol. The van der Waals surface area contributed by atoms with E-state index < -0.39 is 18.0 Å². The molecule has 39 heavy (non-hydrogen) atoms. The van der Waals surface area contributed by atoms with Crippen molar-refractivity contribution in [3.8, 4) is 17.2 Å². The molecule has 0 spiro atoms. The second-order valence-electron chi connectivity index (χ2n) is 9.35. The van der Waals surface area contributed by atoms with Crippen LogP contribution >= 0.6 is 0 Å². The van der Waals surface area contributed by atoms with Gasteiger partial charge in [-0.15, -0.1) is 0 Å². The number of rotatable bonds is 13. The van der Waals surface area contributed by atoms with E-state index in [1.165, 1.54) is 5.56 Å². The Kier molecular flexibility index (Phi) is 9.45. The number of hydrogen-bond acceptors (Lipinski definition) is 6. The summed E-state index contributed by atoms with van der Waals surface area (Å²) in [6.07, 6.45) is 3.98. The Bertz CT molecular complexity index is 1290. The van der Waals surface area contributed by atoms with E-state index in [0.717, 1.165) is 34.7 Å². The number of carboxylic acids is 2. The Morgan fingerprint density at radius 2 is 1.59 bits per heavy atom. The molecule has 8 nitrogen and oxygen atoms in total. The third kappa shape index (κ3) is 8.01. The van der Waals surface area contributed by atoms with Crippen LogP contribution in [0.3, 0.4) is 0 Å². The lowest BCUT2D eigenvalue weighted by Gasteiger charge is -2.35. The number of carbonyl (C=O) groups is 2. The highest BCUT2D eigenvalue weighted by atomic mass is 16.5. The molecule has 0 aliphatic carbocycles. The fourth-order valence-corrected chi connectivity index (χ4v) is 4.22. The highest BCUT2D eigenvalue weighted by Gasteiger charge is 2.31. The van der Waals surface area contributed by atoms with Gasteiger partial charge in [-0.1, -0.05) is 54.1 Å². The van der Waals surface area contributed by atoms with Gasteiger partial charge in [0, 0.05) is 24.9 Å². The van der Waals surface area contributed by atoms with E-state index >= 15 is 0 Å². The molecule has 0 bridgehead atoms. The van der Waals surface area contributed by atoms with E-state index in [-0.39, 0.29) is 13.0 Å². The molecule has 0 saturated heterocycles. The Morgan fingerprint density at radius 1 is 0.923 bits per heavy atom. The van der Waals surface area contributed by atoms with Crippen LogP contribution in [0.4, 0.5) is 5.69 Å². The average Bonchev–Trinajstić information content (AvgIpc) is 2.93. The van der Waals surface area contributed by atoms with Crippen molar-refractivity contribution in [2.45, 2.75) is 32.3 Å². The van der Waals surface area contributed by atoms with E-state index in [9.17, 15) is 14.7 Å². The molecule has 1 atom stereocenters. The largest absolute Gasteiger partial charge is 0.493 e. The van der Waals surface area contributed by atoms with Crippen LogP contribution in [0.5, 0.6) is 17.2 Å².